The van der Waals surface area contributed by atoms with Crippen molar-refractivity contribution >= 4 is 28.5 Å². The number of methoxy groups -OCH3 is 1. The van der Waals surface area contributed by atoms with E-state index in [9.17, 15) is 4.79 Å². The summed E-state index contributed by atoms with van der Waals surface area (Å²) in [5.41, 5.74) is 3.42. The molecule has 4 aromatic rings. The Kier molecular flexibility index (Phi) is 3.97. The molecular weight excluding hydrogens is 356 g/mol. The molecule has 0 saturated carbocycles. The number of halogens is 1. The van der Waals surface area contributed by atoms with Gasteiger partial charge in [0.1, 0.15) is 5.58 Å². The van der Waals surface area contributed by atoms with E-state index in [4.69, 9.17) is 25.2 Å². The van der Waals surface area contributed by atoms with Crippen LogP contribution in [0, 0.1) is 6.92 Å². The van der Waals surface area contributed by atoms with Crippen LogP contribution >= 0.6 is 11.6 Å². The van der Waals surface area contributed by atoms with Crippen molar-refractivity contribution in [1.82, 2.24) is 10.2 Å². The molecule has 0 bridgehead atoms. The molecule has 7 heteroatoms. The number of hydrogen-bond acceptors (Lipinski definition) is 6. The molecule has 0 unspecified atom stereocenters. The molecule has 0 saturated heterocycles. The highest BCUT2D eigenvalue weighted by Gasteiger charge is 2.16. The molecule has 2 aromatic carbocycles. The van der Waals surface area contributed by atoms with Crippen molar-refractivity contribution in [2.24, 2.45) is 0 Å². The van der Waals surface area contributed by atoms with Gasteiger partial charge in [-0.15, -0.1) is 10.2 Å². The number of nitrogens with zero attached hydrogens (tertiary/aromatic N) is 2. The molecule has 0 aliphatic rings. The molecule has 0 spiro atoms. The Balaban J connectivity index is 1.83. The van der Waals surface area contributed by atoms with Crippen LogP contribution in [-0.2, 0) is 4.74 Å². The number of benzene rings is 2. The smallest absolute Gasteiger partial charge is 0.337 e. The molecule has 0 radical (unpaired) electrons. The van der Waals surface area contributed by atoms with Crippen LogP contribution in [-0.4, -0.2) is 23.3 Å². The third-order valence-electron chi connectivity index (χ3n) is 4.03. The fourth-order valence-electron chi connectivity index (χ4n) is 2.76. The van der Waals surface area contributed by atoms with Crippen molar-refractivity contribution in [2.75, 3.05) is 7.11 Å². The highest BCUT2D eigenvalue weighted by atomic mass is 35.5. The third kappa shape index (κ3) is 2.74. The molecule has 4 rings (SSSR count). The summed E-state index contributed by atoms with van der Waals surface area (Å²) < 4.78 is 15.8. The average molecular weight is 369 g/mol. The Morgan fingerprint density at radius 2 is 1.96 bits per heavy atom. The summed E-state index contributed by atoms with van der Waals surface area (Å²) in [7, 11) is 1.33. The van der Waals surface area contributed by atoms with Gasteiger partial charge in [-0.05, 0) is 30.3 Å². The highest BCUT2D eigenvalue weighted by molar-refractivity contribution is 6.34. The van der Waals surface area contributed by atoms with Gasteiger partial charge in [0.25, 0.3) is 0 Å². The zero-order valence-electron chi connectivity index (χ0n) is 13.9. The van der Waals surface area contributed by atoms with Crippen LogP contribution in [0.4, 0.5) is 0 Å². The lowest BCUT2D eigenvalue weighted by Gasteiger charge is -2.05. The first kappa shape index (κ1) is 16.4. The first-order valence-electron chi connectivity index (χ1n) is 7.77. The maximum absolute atomic E-state index is 11.7. The Labute approximate surface area is 153 Å². The van der Waals surface area contributed by atoms with E-state index in [1.165, 1.54) is 7.11 Å². The average Bonchev–Trinajstić information content (AvgIpc) is 3.26. The van der Waals surface area contributed by atoms with Crippen molar-refractivity contribution < 1.29 is 18.4 Å². The maximum Gasteiger partial charge on any atom is 0.337 e. The lowest BCUT2D eigenvalue weighted by atomic mass is 10.0. The zero-order valence-corrected chi connectivity index (χ0v) is 14.7. The molecule has 2 heterocycles. The predicted octanol–water partition coefficient (Wildman–Crippen LogP) is 4.90. The zero-order chi connectivity index (χ0) is 18.3. The Bertz CT molecular complexity index is 1130. The number of fused-ring (bicyclic) bond motifs is 1. The minimum atomic E-state index is -0.440. The number of aryl methyl sites for hydroxylation is 1. The number of aromatic nitrogens is 2. The van der Waals surface area contributed by atoms with E-state index >= 15 is 0 Å². The number of carbonyl (C=O) groups is 1. The van der Waals surface area contributed by atoms with Crippen LogP contribution in [0.15, 0.2) is 51.5 Å². The minimum Gasteiger partial charge on any atom is -0.465 e. The minimum absolute atomic E-state index is 0.385. The van der Waals surface area contributed by atoms with E-state index in [1.807, 2.05) is 18.2 Å². The summed E-state index contributed by atoms with van der Waals surface area (Å²) in [6, 6.07) is 10.6. The van der Waals surface area contributed by atoms with Gasteiger partial charge in [-0.1, -0.05) is 17.7 Å². The second-order valence-electron chi connectivity index (χ2n) is 5.67. The molecule has 2 aromatic heterocycles. The lowest BCUT2D eigenvalue weighted by Crippen LogP contribution is -2.00. The predicted molar refractivity (Wildman–Crippen MR) is 96.0 cm³/mol. The molecule has 0 atom stereocenters. The van der Waals surface area contributed by atoms with Gasteiger partial charge in [-0.25, -0.2) is 4.79 Å². The van der Waals surface area contributed by atoms with Crippen LogP contribution in [0.5, 0.6) is 0 Å². The van der Waals surface area contributed by atoms with Crippen LogP contribution in [0.3, 0.4) is 0 Å². The van der Waals surface area contributed by atoms with Gasteiger partial charge in [-0.3, -0.25) is 0 Å². The van der Waals surface area contributed by atoms with Crippen LogP contribution in [0.1, 0.15) is 16.2 Å². The third-order valence-corrected chi connectivity index (χ3v) is 4.34. The summed E-state index contributed by atoms with van der Waals surface area (Å²) in [6.45, 7) is 1.74. The van der Waals surface area contributed by atoms with Gasteiger partial charge in [0.2, 0.25) is 11.8 Å². The normalized spacial score (nSPS) is 11.0. The molecule has 0 amide bonds. The molecule has 0 aliphatic carbocycles. The molecule has 130 valence electrons. The fourth-order valence-corrected chi connectivity index (χ4v) is 3.04. The van der Waals surface area contributed by atoms with Crippen LogP contribution < -0.4 is 0 Å². The van der Waals surface area contributed by atoms with Crippen LogP contribution in [0.25, 0.3) is 33.6 Å². The van der Waals surface area contributed by atoms with Gasteiger partial charge in [0, 0.05) is 34.0 Å². The topological polar surface area (TPSA) is 78.4 Å². The van der Waals surface area contributed by atoms with Gasteiger partial charge >= 0.3 is 5.97 Å². The molecule has 0 aliphatic heterocycles. The van der Waals surface area contributed by atoms with Crippen molar-refractivity contribution in [1.29, 1.82) is 0 Å². The van der Waals surface area contributed by atoms with E-state index in [-0.39, 0.29) is 0 Å². The quantitative estimate of drug-likeness (QED) is 0.479. The first-order chi connectivity index (χ1) is 12.6. The van der Waals surface area contributed by atoms with E-state index in [0.717, 1.165) is 22.1 Å². The monoisotopic (exact) mass is 368 g/mol. The number of furan rings is 1. The number of rotatable bonds is 3. The molecule has 26 heavy (non-hydrogen) atoms. The van der Waals surface area contributed by atoms with Gasteiger partial charge < -0.3 is 13.6 Å². The summed E-state index contributed by atoms with van der Waals surface area (Å²) >= 11 is 6.39. The second kappa shape index (κ2) is 6.31. The van der Waals surface area contributed by atoms with Crippen molar-refractivity contribution in [3.8, 4) is 22.6 Å². The fraction of sp³-hybridized carbons (Fsp3) is 0.105. The lowest BCUT2D eigenvalue weighted by molar-refractivity contribution is 0.0601. The van der Waals surface area contributed by atoms with Gasteiger partial charge in [-0.2, -0.15) is 0 Å². The number of carbonyl (C=O) groups excluding carboxylic acids is 1. The Morgan fingerprint density at radius 3 is 2.65 bits per heavy atom. The second-order valence-corrected chi connectivity index (χ2v) is 6.08. The molecule has 6 nitrogen and oxygen atoms in total. The number of hydrogen-bond donors (Lipinski definition) is 0. The van der Waals surface area contributed by atoms with E-state index in [0.29, 0.717) is 28.0 Å². The number of esters is 1. The summed E-state index contributed by atoms with van der Waals surface area (Å²) in [5.74, 6) is 0.488. The van der Waals surface area contributed by atoms with Crippen LogP contribution in [0.2, 0.25) is 5.02 Å². The van der Waals surface area contributed by atoms with E-state index < -0.39 is 5.97 Å². The van der Waals surface area contributed by atoms with Crippen molar-refractivity contribution in [2.45, 2.75) is 6.92 Å². The standard InChI is InChI=1S/C19H13ClN2O4/c1-10-21-22-18(26-10)11-4-6-17-14(7-11)15(9-25-17)13-5-3-12(8-16(13)20)19(23)24-2/h3-9H,1-2H3. The maximum atomic E-state index is 11.7. The SMILES string of the molecule is COC(=O)c1ccc(-c2coc3ccc(-c4nnc(C)o4)cc23)c(Cl)c1. The molecule has 0 N–H and O–H groups in total. The first-order valence-corrected chi connectivity index (χ1v) is 8.14. The van der Waals surface area contributed by atoms with Gasteiger partial charge in [0.05, 0.1) is 18.9 Å². The van der Waals surface area contributed by atoms with Crippen molar-refractivity contribution in [3.05, 3.63) is 59.1 Å². The van der Waals surface area contributed by atoms with Gasteiger partial charge in [0.15, 0.2) is 0 Å². The highest BCUT2D eigenvalue weighted by Crippen LogP contribution is 2.37. The van der Waals surface area contributed by atoms with Crippen molar-refractivity contribution in [3.63, 3.8) is 0 Å². The summed E-state index contributed by atoms with van der Waals surface area (Å²) in [6.07, 6.45) is 1.63. The summed E-state index contributed by atoms with van der Waals surface area (Å²) in [5, 5.41) is 9.18. The largest absolute Gasteiger partial charge is 0.465 e. The molecule has 0 fully saturated rings. The molecular formula is C19H13ClN2O4. The number of ether oxygens (including phenoxy) is 1. The van der Waals surface area contributed by atoms with E-state index in [1.54, 1.807) is 31.4 Å². The summed E-state index contributed by atoms with van der Waals surface area (Å²) in [4.78, 5) is 11.7. The Morgan fingerprint density at radius 1 is 1.12 bits per heavy atom. The Hall–Kier alpha value is -3.12. The van der Waals surface area contributed by atoms with E-state index in [2.05, 4.69) is 10.2 Å².